The average Bonchev–Trinajstić information content (AvgIpc) is 3.29. The number of nitrogens with zero attached hydrogens (tertiary/aromatic N) is 3. The second-order valence-electron chi connectivity index (χ2n) is 7.89. The molecule has 2 atom stereocenters. The quantitative estimate of drug-likeness (QED) is 0.803. The van der Waals surface area contributed by atoms with E-state index < -0.39 is 10.0 Å². The first kappa shape index (κ1) is 17.7. The summed E-state index contributed by atoms with van der Waals surface area (Å²) in [4.78, 5) is 4.63. The van der Waals surface area contributed by atoms with Crippen LogP contribution in [0.25, 0.3) is 0 Å². The van der Waals surface area contributed by atoms with Crippen molar-refractivity contribution in [2.75, 3.05) is 13.1 Å². The molecule has 0 radical (unpaired) electrons. The summed E-state index contributed by atoms with van der Waals surface area (Å²) in [5.74, 6) is 1.81. The van der Waals surface area contributed by atoms with Crippen LogP contribution in [0.1, 0.15) is 56.3 Å². The number of rotatable bonds is 5. The van der Waals surface area contributed by atoms with Crippen molar-refractivity contribution in [1.82, 2.24) is 14.4 Å². The monoisotopic (exact) mass is 375 g/mol. The zero-order valence-electron chi connectivity index (χ0n) is 15.3. The number of sulfonamides is 1. The molecule has 2 unspecified atom stereocenters. The van der Waals surface area contributed by atoms with Gasteiger partial charge in [-0.05, 0) is 24.3 Å². The number of hydrogen-bond donors (Lipinski definition) is 0. The maximum atomic E-state index is 13.0. The van der Waals surface area contributed by atoms with Crippen LogP contribution in [0.3, 0.4) is 0 Å². The third kappa shape index (κ3) is 2.97. The Morgan fingerprint density at radius 1 is 1.31 bits per heavy atom. The van der Waals surface area contributed by atoms with Crippen LogP contribution in [-0.4, -0.2) is 36.0 Å². The molecule has 4 rings (SSSR count). The Balaban J connectivity index is 1.60. The van der Waals surface area contributed by atoms with E-state index in [9.17, 15) is 8.42 Å². The summed E-state index contributed by atoms with van der Waals surface area (Å²) in [5, 5.41) is 4.25. The molecule has 2 fully saturated rings. The molecule has 2 aromatic rings. The van der Waals surface area contributed by atoms with Crippen molar-refractivity contribution >= 4 is 10.0 Å². The van der Waals surface area contributed by atoms with Crippen LogP contribution >= 0.6 is 0 Å². The van der Waals surface area contributed by atoms with Crippen LogP contribution in [0.15, 0.2) is 34.9 Å². The van der Waals surface area contributed by atoms with Gasteiger partial charge >= 0.3 is 0 Å². The Labute approximate surface area is 154 Å². The van der Waals surface area contributed by atoms with Gasteiger partial charge in [0.25, 0.3) is 0 Å². The Morgan fingerprint density at radius 3 is 2.77 bits per heavy atom. The standard InChI is InChI=1S/C19H25N3O3S/c1-14(2)17-20-18(21-25-17)19-10-6-9-16(19)11-22(13-19)26(23,24)12-15-7-4-3-5-8-15/h3-5,7-8,14,16H,6,9-13H2,1-2H3. The van der Waals surface area contributed by atoms with Gasteiger partial charge in [-0.1, -0.05) is 55.8 Å². The summed E-state index contributed by atoms with van der Waals surface area (Å²) in [5.41, 5.74) is 0.528. The van der Waals surface area contributed by atoms with Gasteiger partial charge in [0.15, 0.2) is 5.82 Å². The first-order valence-electron chi connectivity index (χ1n) is 9.26. The molecule has 1 saturated heterocycles. The lowest BCUT2D eigenvalue weighted by molar-refractivity contribution is 0.324. The third-order valence-electron chi connectivity index (χ3n) is 5.81. The molecule has 140 valence electrons. The van der Waals surface area contributed by atoms with Crippen molar-refractivity contribution < 1.29 is 12.9 Å². The summed E-state index contributed by atoms with van der Waals surface area (Å²) in [6.07, 6.45) is 3.03. The van der Waals surface area contributed by atoms with Crippen molar-refractivity contribution in [1.29, 1.82) is 0 Å². The zero-order valence-corrected chi connectivity index (χ0v) is 16.1. The molecular weight excluding hydrogens is 350 g/mol. The minimum Gasteiger partial charge on any atom is -0.339 e. The Kier molecular flexibility index (Phi) is 4.39. The Bertz CT molecular complexity index is 878. The highest BCUT2D eigenvalue weighted by Gasteiger charge is 2.55. The van der Waals surface area contributed by atoms with Gasteiger partial charge in [-0.2, -0.15) is 4.98 Å². The minimum atomic E-state index is -3.36. The van der Waals surface area contributed by atoms with E-state index in [-0.39, 0.29) is 23.0 Å². The highest BCUT2D eigenvalue weighted by atomic mass is 32.2. The molecule has 0 bridgehead atoms. The van der Waals surface area contributed by atoms with Crippen molar-refractivity contribution in [3.8, 4) is 0 Å². The van der Waals surface area contributed by atoms with Crippen LogP contribution in [0, 0.1) is 5.92 Å². The minimum absolute atomic E-state index is 0.0418. The summed E-state index contributed by atoms with van der Waals surface area (Å²) < 4.78 is 33.0. The van der Waals surface area contributed by atoms with E-state index in [0.29, 0.717) is 24.8 Å². The van der Waals surface area contributed by atoms with Gasteiger partial charge in [0.1, 0.15) is 0 Å². The summed E-state index contributed by atoms with van der Waals surface area (Å²) in [7, 11) is -3.36. The maximum Gasteiger partial charge on any atom is 0.229 e. The van der Waals surface area contributed by atoms with Crippen molar-refractivity contribution in [3.05, 3.63) is 47.6 Å². The van der Waals surface area contributed by atoms with Crippen molar-refractivity contribution in [2.45, 2.75) is 50.2 Å². The SMILES string of the molecule is CC(C)c1nc(C23CCCC2CN(S(=O)(=O)Cc2ccccc2)C3)no1. The van der Waals surface area contributed by atoms with Crippen molar-refractivity contribution in [2.24, 2.45) is 5.92 Å². The van der Waals surface area contributed by atoms with Crippen LogP contribution in [0.2, 0.25) is 0 Å². The number of aromatic nitrogens is 2. The fourth-order valence-electron chi connectivity index (χ4n) is 4.37. The Morgan fingerprint density at radius 2 is 2.08 bits per heavy atom. The lowest BCUT2D eigenvalue weighted by Crippen LogP contribution is -2.36. The normalized spacial score (nSPS) is 26.5. The molecule has 1 aliphatic carbocycles. The fraction of sp³-hybridized carbons (Fsp3) is 0.579. The molecule has 0 spiro atoms. The molecular formula is C19H25N3O3S. The summed E-state index contributed by atoms with van der Waals surface area (Å²) in [6.45, 7) is 5.06. The molecule has 1 aromatic heterocycles. The second-order valence-corrected chi connectivity index (χ2v) is 9.86. The molecule has 2 heterocycles. The molecule has 1 saturated carbocycles. The molecule has 2 aliphatic rings. The largest absolute Gasteiger partial charge is 0.339 e. The lowest BCUT2D eigenvalue weighted by atomic mass is 9.80. The van der Waals surface area contributed by atoms with Gasteiger partial charge in [-0.15, -0.1) is 0 Å². The number of fused-ring (bicyclic) bond motifs is 1. The van der Waals surface area contributed by atoms with Gasteiger partial charge in [0.2, 0.25) is 15.9 Å². The number of benzene rings is 1. The highest BCUT2D eigenvalue weighted by Crippen LogP contribution is 2.50. The Hall–Kier alpha value is -1.73. The van der Waals surface area contributed by atoms with Gasteiger partial charge in [-0.3, -0.25) is 0 Å². The van der Waals surface area contributed by atoms with Crippen molar-refractivity contribution in [3.63, 3.8) is 0 Å². The van der Waals surface area contributed by atoms with Crippen LogP contribution in [-0.2, 0) is 21.2 Å². The van der Waals surface area contributed by atoms with Crippen LogP contribution in [0.5, 0.6) is 0 Å². The fourth-order valence-corrected chi connectivity index (χ4v) is 6.00. The maximum absolute atomic E-state index is 13.0. The average molecular weight is 375 g/mol. The van der Waals surface area contributed by atoms with E-state index in [0.717, 1.165) is 24.8 Å². The lowest BCUT2D eigenvalue weighted by Gasteiger charge is -2.24. The molecule has 6 nitrogen and oxygen atoms in total. The van der Waals surface area contributed by atoms with Crippen LogP contribution < -0.4 is 0 Å². The number of hydrogen-bond acceptors (Lipinski definition) is 5. The van der Waals surface area contributed by atoms with E-state index in [1.54, 1.807) is 4.31 Å². The van der Waals surface area contributed by atoms with E-state index in [2.05, 4.69) is 10.1 Å². The van der Waals surface area contributed by atoms with E-state index in [1.807, 2.05) is 44.2 Å². The molecule has 7 heteroatoms. The first-order valence-corrected chi connectivity index (χ1v) is 10.9. The molecule has 1 aromatic carbocycles. The molecule has 1 aliphatic heterocycles. The third-order valence-corrected chi connectivity index (χ3v) is 7.57. The van der Waals surface area contributed by atoms with Crippen LogP contribution in [0.4, 0.5) is 0 Å². The summed E-state index contributed by atoms with van der Waals surface area (Å²) in [6, 6.07) is 9.36. The van der Waals surface area contributed by atoms with Gasteiger partial charge in [-0.25, -0.2) is 12.7 Å². The van der Waals surface area contributed by atoms with Gasteiger partial charge < -0.3 is 4.52 Å². The molecule has 0 N–H and O–H groups in total. The predicted octanol–water partition coefficient (Wildman–Crippen LogP) is 3.08. The van der Waals surface area contributed by atoms with Gasteiger partial charge in [0, 0.05) is 19.0 Å². The first-order chi connectivity index (χ1) is 12.4. The topological polar surface area (TPSA) is 76.3 Å². The van der Waals surface area contributed by atoms with E-state index in [1.165, 1.54) is 0 Å². The second kappa shape index (κ2) is 6.46. The smallest absolute Gasteiger partial charge is 0.229 e. The zero-order chi connectivity index (χ0) is 18.4. The predicted molar refractivity (Wildman–Crippen MR) is 98.0 cm³/mol. The van der Waals surface area contributed by atoms with Gasteiger partial charge in [0.05, 0.1) is 11.2 Å². The molecule has 0 amide bonds. The highest BCUT2D eigenvalue weighted by molar-refractivity contribution is 7.88. The van der Waals surface area contributed by atoms with E-state index >= 15 is 0 Å². The molecule has 26 heavy (non-hydrogen) atoms. The summed E-state index contributed by atoms with van der Waals surface area (Å²) >= 11 is 0. The van der Waals surface area contributed by atoms with E-state index in [4.69, 9.17) is 4.52 Å².